The molecule has 0 saturated heterocycles. The Balaban J connectivity index is 1.63. The van der Waals surface area contributed by atoms with Crippen LogP contribution in [0.5, 0.6) is 0 Å². The molecular formula is C18H17N3O2. The monoisotopic (exact) mass is 307 g/mol. The van der Waals surface area contributed by atoms with E-state index >= 15 is 0 Å². The summed E-state index contributed by atoms with van der Waals surface area (Å²) in [5.74, 6) is -0.234. The molecule has 1 aromatic carbocycles. The van der Waals surface area contributed by atoms with Crippen molar-refractivity contribution in [3.63, 3.8) is 0 Å². The number of nitrogens with zero attached hydrogens (tertiary/aromatic N) is 2. The number of carbonyl (C=O) groups is 1. The topological polar surface area (TPSA) is 75.1 Å². The Bertz CT molecular complexity index is 800. The molecule has 5 nitrogen and oxygen atoms in total. The number of hydrogen-bond donors (Lipinski definition) is 2. The van der Waals surface area contributed by atoms with Crippen molar-refractivity contribution in [2.24, 2.45) is 0 Å². The van der Waals surface area contributed by atoms with Crippen molar-refractivity contribution in [3.8, 4) is 0 Å². The third-order valence-electron chi connectivity index (χ3n) is 3.64. The van der Waals surface area contributed by atoms with Crippen molar-refractivity contribution in [3.05, 3.63) is 72.2 Å². The number of amides is 1. The first-order chi connectivity index (χ1) is 11.3. The van der Waals surface area contributed by atoms with E-state index < -0.39 is 6.10 Å². The van der Waals surface area contributed by atoms with Gasteiger partial charge in [-0.15, -0.1) is 0 Å². The highest BCUT2D eigenvalue weighted by atomic mass is 16.3. The van der Waals surface area contributed by atoms with Crippen LogP contribution in [0.1, 0.15) is 28.4 Å². The molecule has 0 bridgehead atoms. The van der Waals surface area contributed by atoms with Crippen molar-refractivity contribution in [1.29, 1.82) is 0 Å². The summed E-state index contributed by atoms with van der Waals surface area (Å²) < 4.78 is 0. The molecule has 0 saturated carbocycles. The third kappa shape index (κ3) is 3.52. The second-order valence-corrected chi connectivity index (χ2v) is 5.23. The largest absolute Gasteiger partial charge is 0.388 e. The number of carbonyl (C=O) groups excluding carboxylic acids is 1. The summed E-state index contributed by atoms with van der Waals surface area (Å²) in [4.78, 5) is 20.6. The van der Waals surface area contributed by atoms with Crippen LogP contribution in [0.2, 0.25) is 0 Å². The van der Waals surface area contributed by atoms with Gasteiger partial charge in [0.15, 0.2) is 0 Å². The number of aromatic nitrogens is 2. The smallest absolute Gasteiger partial charge is 0.255 e. The predicted octanol–water partition coefficient (Wildman–Crippen LogP) is 2.48. The van der Waals surface area contributed by atoms with E-state index in [0.717, 1.165) is 10.9 Å². The van der Waals surface area contributed by atoms with Crippen LogP contribution in [-0.4, -0.2) is 27.5 Å². The highest BCUT2D eigenvalue weighted by molar-refractivity contribution is 6.04. The fourth-order valence-electron chi connectivity index (χ4n) is 2.43. The van der Waals surface area contributed by atoms with Gasteiger partial charge in [-0.25, -0.2) is 0 Å². The Morgan fingerprint density at radius 2 is 1.96 bits per heavy atom. The predicted molar refractivity (Wildman–Crippen MR) is 87.9 cm³/mol. The zero-order valence-electron chi connectivity index (χ0n) is 12.5. The minimum atomic E-state index is -0.597. The minimum absolute atomic E-state index is 0.234. The molecule has 0 aliphatic carbocycles. The van der Waals surface area contributed by atoms with Crippen LogP contribution in [-0.2, 0) is 0 Å². The van der Waals surface area contributed by atoms with Gasteiger partial charge in [-0.1, -0.05) is 30.3 Å². The Morgan fingerprint density at radius 1 is 1.13 bits per heavy atom. The normalized spacial score (nSPS) is 12.0. The molecule has 2 N–H and O–H groups in total. The fourth-order valence-corrected chi connectivity index (χ4v) is 2.43. The maximum absolute atomic E-state index is 12.3. The van der Waals surface area contributed by atoms with Gasteiger partial charge in [0.2, 0.25) is 0 Å². The van der Waals surface area contributed by atoms with E-state index in [-0.39, 0.29) is 5.91 Å². The molecule has 0 spiro atoms. The maximum Gasteiger partial charge on any atom is 0.255 e. The summed E-state index contributed by atoms with van der Waals surface area (Å²) in [5, 5.41) is 13.7. The van der Waals surface area contributed by atoms with Gasteiger partial charge >= 0.3 is 0 Å². The zero-order chi connectivity index (χ0) is 16.1. The molecule has 1 amide bonds. The molecule has 1 unspecified atom stereocenters. The van der Waals surface area contributed by atoms with Gasteiger partial charge in [0.1, 0.15) is 0 Å². The Kier molecular flexibility index (Phi) is 4.59. The van der Waals surface area contributed by atoms with E-state index in [1.54, 1.807) is 12.4 Å². The molecular weight excluding hydrogens is 290 g/mol. The van der Waals surface area contributed by atoms with Gasteiger partial charge in [0.05, 0.1) is 17.2 Å². The van der Waals surface area contributed by atoms with Crippen LogP contribution in [0.3, 0.4) is 0 Å². The second kappa shape index (κ2) is 6.98. The lowest BCUT2D eigenvalue weighted by Gasteiger charge is -2.12. The van der Waals surface area contributed by atoms with Crippen molar-refractivity contribution in [2.75, 3.05) is 6.54 Å². The number of benzene rings is 1. The third-order valence-corrected chi connectivity index (χ3v) is 3.64. The SMILES string of the molecule is O=C(NCCC(O)c1ccccc1)c1cncc2cccnc12. The summed E-state index contributed by atoms with van der Waals surface area (Å²) in [7, 11) is 0. The number of nitrogens with one attached hydrogen (secondary N) is 1. The molecule has 3 aromatic rings. The number of fused-ring (bicyclic) bond motifs is 1. The average Bonchev–Trinajstić information content (AvgIpc) is 2.61. The summed E-state index contributed by atoms with van der Waals surface area (Å²) in [5.41, 5.74) is 1.91. The van der Waals surface area contributed by atoms with Gasteiger partial charge in [-0.3, -0.25) is 14.8 Å². The van der Waals surface area contributed by atoms with E-state index in [0.29, 0.717) is 24.0 Å². The van der Waals surface area contributed by atoms with E-state index in [1.807, 2.05) is 42.5 Å². The van der Waals surface area contributed by atoms with Gasteiger partial charge in [0, 0.05) is 30.5 Å². The van der Waals surface area contributed by atoms with Crippen LogP contribution >= 0.6 is 0 Å². The lowest BCUT2D eigenvalue weighted by atomic mass is 10.1. The maximum atomic E-state index is 12.3. The summed E-state index contributed by atoms with van der Waals surface area (Å²) >= 11 is 0. The lowest BCUT2D eigenvalue weighted by Crippen LogP contribution is -2.26. The van der Waals surface area contributed by atoms with E-state index in [4.69, 9.17) is 0 Å². The van der Waals surface area contributed by atoms with Crippen LogP contribution in [0.4, 0.5) is 0 Å². The number of aliphatic hydroxyl groups is 1. The summed E-state index contributed by atoms with van der Waals surface area (Å²) in [6.07, 6.45) is 4.69. The van der Waals surface area contributed by atoms with Crippen molar-refractivity contribution < 1.29 is 9.90 Å². The molecule has 3 rings (SSSR count). The molecule has 1 atom stereocenters. The van der Waals surface area contributed by atoms with Crippen LogP contribution < -0.4 is 5.32 Å². The Morgan fingerprint density at radius 3 is 2.78 bits per heavy atom. The van der Waals surface area contributed by atoms with Gasteiger partial charge in [0.25, 0.3) is 5.91 Å². The minimum Gasteiger partial charge on any atom is -0.388 e. The van der Waals surface area contributed by atoms with Crippen molar-refractivity contribution >= 4 is 16.8 Å². The Labute approximate surface area is 134 Å². The summed E-state index contributed by atoms with van der Waals surface area (Å²) in [6.45, 7) is 0.373. The molecule has 2 heterocycles. The first kappa shape index (κ1) is 15.1. The number of pyridine rings is 2. The molecule has 23 heavy (non-hydrogen) atoms. The highest BCUT2D eigenvalue weighted by Gasteiger charge is 2.12. The van der Waals surface area contributed by atoms with E-state index in [9.17, 15) is 9.90 Å². The number of aliphatic hydroxyl groups excluding tert-OH is 1. The van der Waals surface area contributed by atoms with Crippen LogP contribution in [0.25, 0.3) is 10.9 Å². The van der Waals surface area contributed by atoms with Crippen molar-refractivity contribution in [1.82, 2.24) is 15.3 Å². The average molecular weight is 307 g/mol. The molecule has 0 fully saturated rings. The molecule has 0 aliphatic rings. The number of rotatable bonds is 5. The highest BCUT2D eigenvalue weighted by Crippen LogP contribution is 2.16. The molecule has 5 heteroatoms. The van der Waals surface area contributed by atoms with E-state index in [1.165, 1.54) is 6.20 Å². The standard InChI is InChI=1S/C18H17N3O2/c22-16(13-5-2-1-3-6-13)8-10-21-18(23)15-12-19-11-14-7-4-9-20-17(14)15/h1-7,9,11-12,16,22H,8,10H2,(H,21,23). The Hall–Kier alpha value is -2.79. The van der Waals surface area contributed by atoms with Gasteiger partial charge < -0.3 is 10.4 Å². The second-order valence-electron chi connectivity index (χ2n) is 5.23. The molecule has 116 valence electrons. The first-order valence-electron chi connectivity index (χ1n) is 7.45. The summed E-state index contributed by atoms with van der Waals surface area (Å²) in [6, 6.07) is 13.1. The molecule has 0 aliphatic heterocycles. The zero-order valence-corrected chi connectivity index (χ0v) is 12.5. The van der Waals surface area contributed by atoms with Gasteiger partial charge in [-0.2, -0.15) is 0 Å². The van der Waals surface area contributed by atoms with E-state index in [2.05, 4.69) is 15.3 Å². The number of hydrogen-bond acceptors (Lipinski definition) is 4. The quantitative estimate of drug-likeness (QED) is 0.759. The fraction of sp³-hybridized carbons (Fsp3) is 0.167. The van der Waals surface area contributed by atoms with Gasteiger partial charge in [-0.05, 0) is 24.1 Å². The first-order valence-corrected chi connectivity index (χ1v) is 7.45. The lowest BCUT2D eigenvalue weighted by molar-refractivity contribution is 0.0944. The van der Waals surface area contributed by atoms with Crippen molar-refractivity contribution in [2.45, 2.75) is 12.5 Å². The van der Waals surface area contributed by atoms with Crippen LogP contribution in [0.15, 0.2) is 61.1 Å². The molecule has 0 radical (unpaired) electrons. The van der Waals surface area contributed by atoms with Crippen LogP contribution in [0, 0.1) is 0 Å². The molecule has 2 aromatic heterocycles.